The van der Waals surface area contributed by atoms with Gasteiger partial charge in [-0.2, -0.15) is 13.2 Å². The quantitative estimate of drug-likeness (QED) is 0.205. The van der Waals surface area contributed by atoms with Gasteiger partial charge >= 0.3 is 6.18 Å². The normalized spacial score (nSPS) is 20.1. The van der Waals surface area contributed by atoms with Crippen LogP contribution in [0.25, 0.3) is 11.1 Å². The Hall–Kier alpha value is -3.21. The number of fused-ring (bicyclic) bond motifs is 2. The van der Waals surface area contributed by atoms with Gasteiger partial charge in [0, 0.05) is 5.02 Å². The molecule has 3 aromatic rings. The number of anilines is 1. The zero-order valence-corrected chi connectivity index (χ0v) is 25.1. The SMILES string of the molecule is CCCCCCOc1ccc(C2=C(c3ccc(O)cc3)[C@H]3O[C@@H]2C[C@@H]3S(=O)(=O)N(CC(F)(F)F)c2ccc(Cl)cc2)cc1. The first-order valence-corrected chi connectivity index (χ1v) is 16.1. The summed E-state index contributed by atoms with van der Waals surface area (Å²) in [5.41, 5.74) is 2.62. The Kier molecular flexibility index (Phi) is 9.29. The fourth-order valence-corrected chi connectivity index (χ4v) is 7.84. The Bertz CT molecular complexity index is 1540. The van der Waals surface area contributed by atoms with Crippen LogP contribution in [0.3, 0.4) is 0 Å². The summed E-state index contributed by atoms with van der Waals surface area (Å²) >= 11 is 5.93. The fourth-order valence-electron chi connectivity index (χ4n) is 5.71. The Balaban J connectivity index is 1.49. The highest BCUT2D eigenvalue weighted by atomic mass is 35.5. The van der Waals surface area contributed by atoms with Gasteiger partial charge in [0.25, 0.3) is 0 Å². The van der Waals surface area contributed by atoms with Crippen LogP contribution in [0, 0.1) is 0 Å². The van der Waals surface area contributed by atoms with Crippen molar-refractivity contribution in [1.82, 2.24) is 0 Å². The van der Waals surface area contributed by atoms with Crippen molar-refractivity contribution in [3.8, 4) is 11.5 Å². The van der Waals surface area contributed by atoms with Crippen molar-refractivity contribution >= 4 is 38.5 Å². The summed E-state index contributed by atoms with van der Waals surface area (Å²) in [6.45, 7) is 1.07. The monoisotopic (exact) mass is 635 g/mol. The molecule has 0 spiro atoms. The van der Waals surface area contributed by atoms with Gasteiger partial charge in [0.15, 0.2) is 0 Å². The minimum absolute atomic E-state index is 0.0124. The summed E-state index contributed by atoms with van der Waals surface area (Å²) in [5, 5.41) is 8.89. The van der Waals surface area contributed by atoms with Gasteiger partial charge < -0.3 is 14.6 Å². The lowest BCUT2D eigenvalue weighted by Gasteiger charge is -2.32. The third-order valence-electron chi connectivity index (χ3n) is 7.73. The fraction of sp³-hybridized carbons (Fsp3) is 0.375. The summed E-state index contributed by atoms with van der Waals surface area (Å²) in [4.78, 5) is 0. The average Bonchev–Trinajstić information content (AvgIpc) is 3.57. The molecule has 1 N–H and O–H groups in total. The Morgan fingerprint density at radius 3 is 2.19 bits per heavy atom. The van der Waals surface area contributed by atoms with Crippen molar-refractivity contribution in [1.29, 1.82) is 0 Å². The number of sulfonamides is 1. The smallest absolute Gasteiger partial charge is 0.407 e. The van der Waals surface area contributed by atoms with Crippen molar-refractivity contribution in [3.63, 3.8) is 0 Å². The van der Waals surface area contributed by atoms with Crippen LogP contribution in [0.4, 0.5) is 18.9 Å². The third-order valence-corrected chi connectivity index (χ3v) is 10.1. The number of benzene rings is 3. The van der Waals surface area contributed by atoms with E-state index in [9.17, 15) is 26.7 Å². The molecule has 2 bridgehead atoms. The Morgan fingerprint density at radius 1 is 0.930 bits per heavy atom. The zero-order chi connectivity index (χ0) is 30.8. The summed E-state index contributed by atoms with van der Waals surface area (Å²) in [7, 11) is -4.57. The molecule has 0 aliphatic carbocycles. The maximum atomic E-state index is 14.0. The number of phenols is 1. The first-order valence-electron chi connectivity index (χ1n) is 14.2. The summed E-state index contributed by atoms with van der Waals surface area (Å²) < 4.78 is 81.6. The van der Waals surface area contributed by atoms with Gasteiger partial charge in [0.2, 0.25) is 10.0 Å². The molecule has 2 aliphatic rings. The van der Waals surface area contributed by atoms with Crippen LogP contribution in [-0.2, 0) is 14.8 Å². The van der Waals surface area contributed by atoms with Crippen LogP contribution < -0.4 is 9.04 Å². The van der Waals surface area contributed by atoms with Crippen LogP contribution in [-0.4, -0.2) is 50.3 Å². The van der Waals surface area contributed by atoms with E-state index in [4.69, 9.17) is 21.1 Å². The molecule has 0 amide bonds. The molecule has 11 heteroatoms. The van der Waals surface area contributed by atoms with E-state index in [1.165, 1.54) is 36.4 Å². The van der Waals surface area contributed by atoms with E-state index >= 15 is 0 Å². The molecule has 6 nitrogen and oxygen atoms in total. The highest BCUT2D eigenvalue weighted by Gasteiger charge is 2.55. The standard InChI is InChI=1S/C32H33ClF3NO5S/c1-2-3-4-5-18-41-26-16-8-21(9-17-26)29-27-19-28(31(42-27)30(29)22-6-14-25(38)15-7-22)43(39,40)37(20-32(34,35)36)24-12-10-23(33)11-13-24/h6-17,27-28,31,38H,2-5,18-20H2,1H3/t27-,28+,31+/m1/s1. The van der Waals surface area contributed by atoms with Gasteiger partial charge in [-0.3, -0.25) is 4.31 Å². The number of ether oxygens (including phenoxy) is 2. The molecule has 0 saturated carbocycles. The summed E-state index contributed by atoms with van der Waals surface area (Å²) in [5.74, 6) is 0.737. The van der Waals surface area contributed by atoms with Crippen LogP contribution >= 0.6 is 11.6 Å². The van der Waals surface area contributed by atoms with Gasteiger partial charge in [-0.25, -0.2) is 8.42 Å². The van der Waals surface area contributed by atoms with Crippen molar-refractivity contribution in [3.05, 3.63) is 88.9 Å². The molecule has 1 saturated heterocycles. The first-order chi connectivity index (χ1) is 20.5. The maximum absolute atomic E-state index is 14.0. The molecule has 1 fully saturated rings. The molecule has 43 heavy (non-hydrogen) atoms. The van der Waals surface area contributed by atoms with Crippen molar-refractivity contribution in [2.24, 2.45) is 0 Å². The molecule has 2 heterocycles. The minimum Gasteiger partial charge on any atom is -0.508 e. The van der Waals surface area contributed by atoms with Crippen LogP contribution in [0.5, 0.6) is 11.5 Å². The highest BCUT2D eigenvalue weighted by molar-refractivity contribution is 7.93. The Labute approximate surface area is 254 Å². The highest BCUT2D eigenvalue weighted by Crippen LogP contribution is 2.51. The molecule has 3 aromatic carbocycles. The molecule has 0 unspecified atom stereocenters. The number of hydrogen-bond donors (Lipinski definition) is 1. The zero-order valence-electron chi connectivity index (χ0n) is 23.6. The largest absolute Gasteiger partial charge is 0.508 e. The lowest BCUT2D eigenvalue weighted by atomic mass is 9.83. The van der Waals surface area contributed by atoms with E-state index in [1.54, 1.807) is 12.1 Å². The number of phenolic OH excluding ortho intramolecular Hbond substituents is 1. The van der Waals surface area contributed by atoms with E-state index in [1.807, 2.05) is 24.3 Å². The molecule has 3 atom stereocenters. The predicted molar refractivity (Wildman–Crippen MR) is 162 cm³/mol. The Morgan fingerprint density at radius 2 is 1.56 bits per heavy atom. The molecule has 0 aromatic heterocycles. The number of halogens is 4. The molecule has 0 radical (unpaired) electrons. The number of hydrogen-bond acceptors (Lipinski definition) is 5. The van der Waals surface area contributed by atoms with Gasteiger partial charge in [-0.05, 0) is 83.6 Å². The van der Waals surface area contributed by atoms with Gasteiger partial charge in [0.1, 0.15) is 29.4 Å². The number of aromatic hydroxyl groups is 1. The van der Waals surface area contributed by atoms with Crippen molar-refractivity contribution in [2.45, 2.75) is 62.7 Å². The number of unbranched alkanes of at least 4 members (excludes halogenated alkanes) is 3. The summed E-state index contributed by atoms with van der Waals surface area (Å²) in [6, 6.07) is 19.0. The lowest BCUT2D eigenvalue weighted by Crippen LogP contribution is -2.47. The van der Waals surface area contributed by atoms with E-state index in [0.29, 0.717) is 27.8 Å². The van der Waals surface area contributed by atoms with Gasteiger partial charge in [-0.1, -0.05) is 62.1 Å². The molecule has 5 rings (SSSR count). The molecule has 2 aliphatic heterocycles. The van der Waals surface area contributed by atoms with E-state index in [-0.39, 0.29) is 22.9 Å². The van der Waals surface area contributed by atoms with E-state index in [2.05, 4.69) is 6.92 Å². The van der Waals surface area contributed by atoms with Gasteiger partial charge in [0.05, 0.1) is 18.4 Å². The predicted octanol–water partition coefficient (Wildman–Crippen LogP) is 7.85. The molecule has 230 valence electrons. The second-order valence-corrected chi connectivity index (χ2v) is 13.3. The van der Waals surface area contributed by atoms with E-state index < -0.39 is 40.2 Å². The van der Waals surface area contributed by atoms with E-state index in [0.717, 1.165) is 36.8 Å². The lowest BCUT2D eigenvalue weighted by molar-refractivity contribution is -0.117. The second kappa shape index (κ2) is 12.8. The molecular formula is C32H33ClF3NO5S. The van der Waals surface area contributed by atoms with Crippen LogP contribution in [0.2, 0.25) is 5.02 Å². The molecular weight excluding hydrogens is 603 g/mol. The minimum atomic E-state index is -4.79. The van der Waals surface area contributed by atoms with Crippen LogP contribution in [0.15, 0.2) is 72.8 Å². The third kappa shape index (κ3) is 6.97. The van der Waals surface area contributed by atoms with Crippen LogP contribution in [0.1, 0.15) is 50.2 Å². The maximum Gasteiger partial charge on any atom is 0.407 e. The first kappa shape index (κ1) is 31.2. The summed E-state index contributed by atoms with van der Waals surface area (Å²) in [6.07, 6.45) is -2.13. The van der Waals surface area contributed by atoms with Gasteiger partial charge in [-0.15, -0.1) is 0 Å². The topological polar surface area (TPSA) is 76.1 Å². The number of rotatable bonds is 12. The average molecular weight is 636 g/mol. The van der Waals surface area contributed by atoms with Crippen molar-refractivity contribution in [2.75, 3.05) is 17.5 Å². The second-order valence-electron chi connectivity index (χ2n) is 10.8. The van der Waals surface area contributed by atoms with Crippen molar-refractivity contribution < 1.29 is 36.2 Å². The number of nitrogens with zero attached hydrogens (tertiary/aromatic N) is 1. The number of alkyl halides is 3.